The molecule has 0 aliphatic rings. The Morgan fingerprint density at radius 1 is 1.22 bits per heavy atom. The first-order chi connectivity index (χ1) is 8.74. The second-order valence-corrected chi connectivity index (χ2v) is 4.15. The van der Waals surface area contributed by atoms with Crippen molar-refractivity contribution in [2.75, 3.05) is 5.32 Å². The summed E-state index contributed by atoms with van der Waals surface area (Å²) in [6.45, 7) is 1.94. The minimum Gasteiger partial charge on any atom is -0.469 e. The molecule has 0 radical (unpaired) electrons. The standard InChI is InChI=1S/C14H16N2O2/c1-11(10-13-8-5-9-18-13)15-14(17)16-12-6-3-2-4-7-12/h2-9,11H,10H2,1H3,(H2,15,16,17). The van der Waals surface area contributed by atoms with E-state index >= 15 is 0 Å². The lowest BCUT2D eigenvalue weighted by atomic mass is 10.2. The lowest BCUT2D eigenvalue weighted by molar-refractivity contribution is 0.248. The Balaban J connectivity index is 1.80. The van der Waals surface area contributed by atoms with E-state index < -0.39 is 0 Å². The molecule has 1 aromatic carbocycles. The molecule has 2 rings (SSSR count). The van der Waals surface area contributed by atoms with Crippen molar-refractivity contribution in [1.29, 1.82) is 0 Å². The fourth-order valence-corrected chi connectivity index (χ4v) is 1.69. The van der Waals surface area contributed by atoms with E-state index in [1.165, 1.54) is 0 Å². The first-order valence-electron chi connectivity index (χ1n) is 5.89. The molecule has 0 aliphatic carbocycles. The number of benzene rings is 1. The quantitative estimate of drug-likeness (QED) is 0.868. The monoisotopic (exact) mass is 244 g/mol. The van der Waals surface area contributed by atoms with E-state index in [0.29, 0.717) is 6.42 Å². The smallest absolute Gasteiger partial charge is 0.319 e. The number of amides is 2. The summed E-state index contributed by atoms with van der Waals surface area (Å²) in [6.07, 6.45) is 2.31. The number of carbonyl (C=O) groups is 1. The van der Waals surface area contributed by atoms with Crippen molar-refractivity contribution in [3.05, 3.63) is 54.5 Å². The van der Waals surface area contributed by atoms with Gasteiger partial charge in [-0.05, 0) is 31.2 Å². The van der Waals surface area contributed by atoms with E-state index in [4.69, 9.17) is 4.42 Å². The molecule has 0 bridgehead atoms. The third-order valence-electron chi connectivity index (χ3n) is 2.50. The van der Waals surface area contributed by atoms with Crippen molar-refractivity contribution in [2.45, 2.75) is 19.4 Å². The molecule has 94 valence electrons. The van der Waals surface area contributed by atoms with Gasteiger partial charge in [-0.25, -0.2) is 4.79 Å². The van der Waals surface area contributed by atoms with Gasteiger partial charge in [0.25, 0.3) is 0 Å². The molecule has 18 heavy (non-hydrogen) atoms. The molecule has 2 amide bonds. The lowest BCUT2D eigenvalue weighted by Crippen LogP contribution is -2.37. The minimum atomic E-state index is -0.208. The zero-order valence-electron chi connectivity index (χ0n) is 10.2. The Labute approximate surface area is 106 Å². The zero-order valence-corrected chi connectivity index (χ0v) is 10.2. The van der Waals surface area contributed by atoms with Crippen LogP contribution in [0.3, 0.4) is 0 Å². The maximum atomic E-state index is 11.7. The normalized spacial score (nSPS) is 11.8. The molecule has 0 aliphatic heterocycles. The molecule has 0 fully saturated rings. The van der Waals surface area contributed by atoms with Gasteiger partial charge in [0, 0.05) is 18.2 Å². The van der Waals surface area contributed by atoms with Crippen molar-refractivity contribution >= 4 is 11.7 Å². The van der Waals surface area contributed by atoms with Crippen LogP contribution in [-0.2, 0) is 6.42 Å². The molecule has 4 nitrogen and oxygen atoms in total. The second-order valence-electron chi connectivity index (χ2n) is 4.15. The molecule has 2 aromatic rings. The molecule has 0 saturated heterocycles. The van der Waals surface area contributed by atoms with Gasteiger partial charge in [0.2, 0.25) is 0 Å². The highest BCUT2D eigenvalue weighted by atomic mass is 16.3. The summed E-state index contributed by atoms with van der Waals surface area (Å²) in [5.41, 5.74) is 0.778. The molecule has 0 saturated carbocycles. The molecule has 1 unspecified atom stereocenters. The summed E-state index contributed by atoms with van der Waals surface area (Å²) in [6, 6.07) is 12.9. The first kappa shape index (κ1) is 12.2. The van der Waals surface area contributed by atoms with Crippen molar-refractivity contribution in [1.82, 2.24) is 5.32 Å². The van der Waals surface area contributed by atoms with Gasteiger partial charge in [-0.2, -0.15) is 0 Å². The summed E-state index contributed by atoms with van der Waals surface area (Å²) < 4.78 is 5.23. The highest BCUT2D eigenvalue weighted by molar-refractivity contribution is 5.89. The van der Waals surface area contributed by atoms with Crippen LogP contribution in [0.2, 0.25) is 0 Å². The van der Waals surface area contributed by atoms with Crippen LogP contribution in [0.5, 0.6) is 0 Å². The molecule has 4 heteroatoms. The van der Waals surface area contributed by atoms with Crippen molar-refractivity contribution in [3.8, 4) is 0 Å². The average Bonchev–Trinajstić information content (AvgIpc) is 2.82. The number of nitrogens with one attached hydrogen (secondary N) is 2. The van der Waals surface area contributed by atoms with Crippen molar-refractivity contribution in [3.63, 3.8) is 0 Å². The molecule has 1 heterocycles. The summed E-state index contributed by atoms with van der Waals surface area (Å²) in [5, 5.41) is 5.63. The average molecular weight is 244 g/mol. The third-order valence-corrected chi connectivity index (χ3v) is 2.50. The third kappa shape index (κ3) is 3.66. The van der Waals surface area contributed by atoms with E-state index in [1.54, 1.807) is 6.26 Å². The largest absolute Gasteiger partial charge is 0.469 e. The predicted octanol–water partition coefficient (Wildman–Crippen LogP) is 3.03. The van der Waals surface area contributed by atoms with Crippen LogP contribution in [0.25, 0.3) is 0 Å². The summed E-state index contributed by atoms with van der Waals surface area (Å²) in [5.74, 6) is 0.863. The van der Waals surface area contributed by atoms with Gasteiger partial charge >= 0.3 is 6.03 Å². The van der Waals surface area contributed by atoms with Gasteiger partial charge in [-0.15, -0.1) is 0 Å². The Morgan fingerprint density at radius 2 is 2.00 bits per heavy atom. The number of hydrogen-bond acceptors (Lipinski definition) is 2. The van der Waals surface area contributed by atoms with Crippen LogP contribution < -0.4 is 10.6 Å². The van der Waals surface area contributed by atoms with Gasteiger partial charge in [0.05, 0.1) is 6.26 Å². The molecular formula is C14H16N2O2. The van der Waals surface area contributed by atoms with E-state index in [1.807, 2.05) is 49.4 Å². The summed E-state index contributed by atoms with van der Waals surface area (Å²) in [7, 11) is 0. The molecule has 1 atom stereocenters. The van der Waals surface area contributed by atoms with Crippen LogP contribution in [0.4, 0.5) is 10.5 Å². The lowest BCUT2D eigenvalue weighted by Gasteiger charge is -2.13. The Morgan fingerprint density at radius 3 is 2.67 bits per heavy atom. The predicted molar refractivity (Wildman–Crippen MR) is 70.5 cm³/mol. The number of carbonyl (C=O) groups excluding carboxylic acids is 1. The van der Waals surface area contributed by atoms with Crippen LogP contribution in [0.1, 0.15) is 12.7 Å². The van der Waals surface area contributed by atoms with Crippen molar-refractivity contribution < 1.29 is 9.21 Å². The number of urea groups is 1. The maximum absolute atomic E-state index is 11.7. The number of hydrogen-bond donors (Lipinski definition) is 2. The van der Waals surface area contributed by atoms with E-state index in [9.17, 15) is 4.79 Å². The zero-order chi connectivity index (χ0) is 12.8. The van der Waals surface area contributed by atoms with Crippen LogP contribution in [-0.4, -0.2) is 12.1 Å². The van der Waals surface area contributed by atoms with E-state index in [0.717, 1.165) is 11.4 Å². The summed E-state index contributed by atoms with van der Waals surface area (Å²) in [4.78, 5) is 11.7. The van der Waals surface area contributed by atoms with Gasteiger partial charge in [-0.3, -0.25) is 0 Å². The number of anilines is 1. The molecule has 1 aromatic heterocycles. The summed E-state index contributed by atoms with van der Waals surface area (Å²) >= 11 is 0. The first-order valence-corrected chi connectivity index (χ1v) is 5.89. The highest BCUT2D eigenvalue weighted by Crippen LogP contribution is 2.06. The minimum absolute atomic E-state index is 0.0138. The van der Waals surface area contributed by atoms with E-state index in [-0.39, 0.29) is 12.1 Å². The van der Waals surface area contributed by atoms with Crippen LogP contribution in [0.15, 0.2) is 53.1 Å². The number of furan rings is 1. The second kappa shape index (κ2) is 5.91. The SMILES string of the molecule is CC(Cc1ccco1)NC(=O)Nc1ccccc1. The Kier molecular flexibility index (Phi) is 4.02. The van der Waals surface area contributed by atoms with Gasteiger partial charge in [-0.1, -0.05) is 18.2 Å². The van der Waals surface area contributed by atoms with Crippen LogP contribution in [0, 0.1) is 0 Å². The Hall–Kier alpha value is -2.23. The van der Waals surface area contributed by atoms with Gasteiger partial charge in [0.1, 0.15) is 5.76 Å². The fraction of sp³-hybridized carbons (Fsp3) is 0.214. The molecular weight excluding hydrogens is 228 g/mol. The molecule has 2 N–H and O–H groups in total. The van der Waals surface area contributed by atoms with Crippen LogP contribution >= 0.6 is 0 Å². The number of rotatable bonds is 4. The topological polar surface area (TPSA) is 54.3 Å². The number of para-hydroxylation sites is 1. The fourth-order valence-electron chi connectivity index (χ4n) is 1.69. The molecule has 0 spiro atoms. The highest BCUT2D eigenvalue weighted by Gasteiger charge is 2.09. The maximum Gasteiger partial charge on any atom is 0.319 e. The van der Waals surface area contributed by atoms with Gasteiger partial charge in [0.15, 0.2) is 0 Å². The Bertz CT molecular complexity index is 480. The van der Waals surface area contributed by atoms with Gasteiger partial charge < -0.3 is 15.1 Å². The van der Waals surface area contributed by atoms with Crippen molar-refractivity contribution in [2.24, 2.45) is 0 Å². The van der Waals surface area contributed by atoms with E-state index in [2.05, 4.69) is 10.6 Å².